The zero-order chi connectivity index (χ0) is 18.1. The van der Waals surface area contributed by atoms with Gasteiger partial charge in [0.1, 0.15) is 5.82 Å². The highest BCUT2D eigenvalue weighted by Crippen LogP contribution is 2.21. The fourth-order valence-corrected chi connectivity index (χ4v) is 2.52. The number of nitrogens with zero attached hydrogens (tertiary/aromatic N) is 1. The lowest BCUT2D eigenvalue weighted by molar-refractivity contribution is -0.137. The van der Waals surface area contributed by atoms with Gasteiger partial charge in [0.25, 0.3) is 5.91 Å². The molecule has 0 fully saturated rings. The van der Waals surface area contributed by atoms with Crippen molar-refractivity contribution in [2.45, 2.75) is 38.5 Å². The third-order valence-corrected chi connectivity index (χ3v) is 3.87. The van der Waals surface area contributed by atoms with E-state index < -0.39 is 5.97 Å². The number of aliphatic carboxylic acids is 1. The molecule has 1 amide bonds. The molecule has 1 aromatic heterocycles. The predicted molar refractivity (Wildman–Crippen MR) is 91.7 cm³/mol. The van der Waals surface area contributed by atoms with E-state index in [2.05, 4.69) is 15.5 Å². The molecule has 0 radical (unpaired) electrons. The summed E-state index contributed by atoms with van der Waals surface area (Å²) in [5.41, 5.74) is 1.68. The molecule has 0 atom stereocenters. The lowest BCUT2D eigenvalue weighted by Gasteiger charge is -2.06. The van der Waals surface area contributed by atoms with Gasteiger partial charge in [-0.1, -0.05) is 19.3 Å². The predicted octanol–water partition coefficient (Wildman–Crippen LogP) is 3.37. The summed E-state index contributed by atoms with van der Waals surface area (Å²) >= 11 is 0. The van der Waals surface area contributed by atoms with E-state index in [1.54, 1.807) is 12.1 Å². The minimum atomic E-state index is -0.760. The number of carbonyl (C=O) groups is 2. The molecule has 7 heteroatoms. The van der Waals surface area contributed by atoms with Crippen LogP contribution in [0.1, 0.15) is 48.9 Å². The Morgan fingerprint density at radius 1 is 1.08 bits per heavy atom. The second-order valence-electron chi connectivity index (χ2n) is 5.83. The fraction of sp³-hybridized carbons (Fsp3) is 0.389. The average Bonchev–Trinajstić information content (AvgIpc) is 3.07. The number of carboxylic acid groups (broad SMARTS) is 1. The Morgan fingerprint density at radius 3 is 2.48 bits per heavy atom. The number of halogens is 1. The molecule has 3 N–H and O–H groups in total. The van der Waals surface area contributed by atoms with E-state index in [-0.39, 0.29) is 18.1 Å². The molecule has 134 valence electrons. The fourth-order valence-electron chi connectivity index (χ4n) is 2.52. The van der Waals surface area contributed by atoms with Gasteiger partial charge in [0.05, 0.1) is 17.5 Å². The first-order valence-corrected chi connectivity index (χ1v) is 8.37. The molecule has 0 aliphatic carbocycles. The van der Waals surface area contributed by atoms with Crippen molar-refractivity contribution in [2.24, 2.45) is 0 Å². The van der Waals surface area contributed by atoms with E-state index in [4.69, 9.17) is 5.11 Å². The van der Waals surface area contributed by atoms with Gasteiger partial charge in [-0.05, 0) is 37.1 Å². The quantitative estimate of drug-likeness (QED) is 0.574. The second kappa shape index (κ2) is 9.56. The first-order valence-electron chi connectivity index (χ1n) is 8.37. The van der Waals surface area contributed by atoms with Crippen LogP contribution in [0.25, 0.3) is 11.3 Å². The van der Waals surface area contributed by atoms with E-state index in [0.29, 0.717) is 29.8 Å². The molecular weight excluding hydrogens is 325 g/mol. The number of nitrogens with one attached hydrogen (secondary N) is 2. The summed E-state index contributed by atoms with van der Waals surface area (Å²) in [6.07, 6.45) is 5.98. The Bertz CT molecular complexity index is 698. The Labute approximate surface area is 145 Å². The number of benzene rings is 1. The standard InChI is InChI=1S/C18H22FN3O3/c19-14-9-7-13(8-10-14)17-15(12-21-22-17)18(25)20-11-5-3-1-2-4-6-16(23)24/h7-10,12H,1-6,11H2,(H,20,25)(H,21,22)(H,23,24). The summed E-state index contributed by atoms with van der Waals surface area (Å²) in [5.74, 6) is -1.32. The number of H-pyrrole nitrogens is 1. The van der Waals surface area contributed by atoms with Crippen LogP contribution >= 0.6 is 0 Å². The summed E-state index contributed by atoms with van der Waals surface area (Å²) in [6.45, 7) is 0.547. The number of hydrogen-bond donors (Lipinski definition) is 3. The molecule has 6 nitrogen and oxygen atoms in total. The van der Waals surface area contributed by atoms with Gasteiger partial charge in [-0.2, -0.15) is 5.10 Å². The first kappa shape index (κ1) is 18.6. The van der Waals surface area contributed by atoms with E-state index in [0.717, 1.165) is 25.7 Å². The van der Waals surface area contributed by atoms with Crippen molar-refractivity contribution in [3.05, 3.63) is 41.8 Å². The minimum Gasteiger partial charge on any atom is -0.481 e. The highest BCUT2D eigenvalue weighted by Gasteiger charge is 2.14. The SMILES string of the molecule is O=C(O)CCCCCCCNC(=O)c1cn[nH]c1-c1ccc(F)cc1. The molecule has 0 aliphatic heterocycles. The molecule has 0 spiro atoms. The second-order valence-corrected chi connectivity index (χ2v) is 5.83. The van der Waals surface area contributed by atoms with Gasteiger partial charge in [0.15, 0.2) is 0 Å². The van der Waals surface area contributed by atoms with Gasteiger partial charge >= 0.3 is 5.97 Å². The third-order valence-electron chi connectivity index (χ3n) is 3.87. The van der Waals surface area contributed by atoms with Crippen LogP contribution in [-0.4, -0.2) is 33.7 Å². The minimum absolute atomic E-state index is 0.212. The highest BCUT2D eigenvalue weighted by molar-refractivity contribution is 5.99. The average molecular weight is 347 g/mol. The number of carbonyl (C=O) groups excluding carboxylic acids is 1. The van der Waals surface area contributed by atoms with Crippen molar-refractivity contribution in [3.63, 3.8) is 0 Å². The first-order chi connectivity index (χ1) is 12.1. The summed E-state index contributed by atoms with van der Waals surface area (Å²) in [4.78, 5) is 22.7. The Hall–Kier alpha value is -2.70. The monoisotopic (exact) mass is 347 g/mol. The molecule has 1 heterocycles. The van der Waals surface area contributed by atoms with E-state index >= 15 is 0 Å². The lowest BCUT2D eigenvalue weighted by atomic mass is 10.1. The number of rotatable bonds is 10. The Kier molecular flexibility index (Phi) is 7.13. The number of aromatic nitrogens is 2. The van der Waals surface area contributed by atoms with Crippen molar-refractivity contribution in [1.29, 1.82) is 0 Å². The number of hydrogen-bond acceptors (Lipinski definition) is 3. The molecule has 0 saturated carbocycles. The van der Waals surface area contributed by atoms with Crippen molar-refractivity contribution >= 4 is 11.9 Å². The topological polar surface area (TPSA) is 95.1 Å². The maximum atomic E-state index is 13.0. The maximum absolute atomic E-state index is 13.0. The largest absolute Gasteiger partial charge is 0.481 e. The Balaban J connectivity index is 1.74. The highest BCUT2D eigenvalue weighted by atomic mass is 19.1. The van der Waals surface area contributed by atoms with E-state index in [9.17, 15) is 14.0 Å². The lowest BCUT2D eigenvalue weighted by Crippen LogP contribution is -2.24. The van der Waals surface area contributed by atoms with Crippen LogP contribution in [0.15, 0.2) is 30.5 Å². The van der Waals surface area contributed by atoms with Crippen LogP contribution in [0.5, 0.6) is 0 Å². The summed E-state index contributed by atoms with van der Waals surface area (Å²) in [5, 5.41) is 18.1. The number of unbranched alkanes of at least 4 members (excludes halogenated alkanes) is 4. The zero-order valence-electron chi connectivity index (χ0n) is 13.9. The summed E-state index contributed by atoms with van der Waals surface area (Å²) < 4.78 is 13.0. The molecular formula is C18H22FN3O3. The molecule has 0 aliphatic rings. The molecule has 0 saturated heterocycles. The normalized spacial score (nSPS) is 10.6. The summed E-state index contributed by atoms with van der Waals surface area (Å²) in [7, 11) is 0. The van der Waals surface area contributed by atoms with Crippen molar-refractivity contribution < 1.29 is 19.1 Å². The van der Waals surface area contributed by atoms with Crippen molar-refractivity contribution in [1.82, 2.24) is 15.5 Å². The van der Waals surface area contributed by atoms with Gasteiger partial charge in [-0.3, -0.25) is 14.7 Å². The summed E-state index contributed by atoms with van der Waals surface area (Å²) in [6, 6.07) is 5.86. The molecule has 1 aromatic carbocycles. The van der Waals surface area contributed by atoms with Crippen LogP contribution < -0.4 is 5.32 Å². The van der Waals surface area contributed by atoms with E-state index in [1.165, 1.54) is 18.3 Å². The van der Waals surface area contributed by atoms with Crippen LogP contribution in [0.4, 0.5) is 4.39 Å². The number of amides is 1. The van der Waals surface area contributed by atoms with Gasteiger partial charge in [0.2, 0.25) is 0 Å². The number of carboxylic acids is 1. The Morgan fingerprint density at radius 2 is 1.76 bits per heavy atom. The van der Waals surface area contributed by atoms with Crippen molar-refractivity contribution in [2.75, 3.05) is 6.54 Å². The van der Waals surface area contributed by atoms with Crippen LogP contribution in [0, 0.1) is 5.82 Å². The molecule has 0 unspecified atom stereocenters. The van der Waals surface area contributed by atoms with Crippen molar-refractivity contribution in [3.8, 4) is 11.3 Å². The third kappa shape index (κ3) is 6.02. The van der Waals surface area contributed by atoms with Crippen LogP contribution in [0.2, 0.25) is 0 Å². The maximum Gasteiger partial charge on any atom is 0.303 e. The van der Waals surface area contributed by atoms with Crippen LogP contribution in [-0.2, 0) is 4.79 Å². The molecule has 0 bridgehead atoms. The van der Waals surface area contributed by atoms with Gasteiger partial charge in [-0.15, -0.1) is 0 Å². The molecule has 25 heavy (non-hydrogen) atoms. The smallest absolute Gasteiger partial charge is 0.303 e. The van der Waals surface area contributed by atoms with Gasteiger partial charge < -0.3 is 10.4 Å². The van der Waals surface area contributed by atoms with Crippen LogP contribution in [0.3, 0.4) is 0 Å². The zero-order valence-corrected chi connectivity index (χ0v) is 13.9. The van der Waals surface area contributed by atoms with Gasteiger partial charge in [0, 0.05) is 18.5 Å². The van der Waals surface area contributed by atoms with Gasteiger partial charge in [-0.25, -0.2) is 4.39 Å². The number of aromatic amines is 1. The molecule has 2 rings (SSSR count). The molecule has 2 aromatic rings. The van der Waals surface area contributed by atoms with E-state index in [1.807, 2.05) is 0 Å².